The van der Waals surface area contributed by atoms with Gasteiger partial charge in [0.05, 0.1) is 33.5 Å². The van der Waals surface area contributed by atoms with E-state index in [1.54, 1.807) is 0 Å². The second-order valence-electron chi connectivity index (χ2n) is 7.73. The Morgan fingerprint density at radius 1 is 1.33 bits per heavy atom. The quantitative estimate of drug-likeness (QED) is 0.226. The molecule has 2 aliphatic carbocycles. The van der Waals surface area contributed by atoms with Gasteiger partial charge in [0.25, 0.3) is 0 Å². The maximum absolute atomic E-state index is 14.5. The zero-order chi connectivity index (χ0) is 35.2. The number of thioether (sulfide) groups is 1. The van der Waals surface area contributed by atoms with Crippen molar-refractivity contribution in [1.29, 1.82) is 0 Å². The van der Waals surface area contributed by atoms with Crippen LogP contribution in [0.5, 0.6) is 0 Å². The van der Waals surface area contributed by atoms with Gasteiger partial charge in [-0.15, -0.1) is 5.10 Å². The van der Waals surface area contributed by atoms with Gasteiger partial charge in [-0.05, 0) is 30.4 Å². The maximum Gasteiger partial charge on any atom is 0.191 e. The van der Waals surface area contributed by atoms with Crippen LogP contribution in [-0.4, -0.2) is 83.5 Å². The van der Waals surface area contributed by atoms with Crippen molar-refractivity contribution >= 4 is 28.7 Å². The maximum atomic E-state index is 14.5. The first kappa shape index (κ1) is 15.1. The Labute approximate surface area is 225 Å². The molecule has 0 aliphatic heterocycles. The van der Waals surface area contributed by atoms with E-state index in [9.17, 15) is 24.1 Å². The topological polar surface area (TPSA) is 138 Å². The van der Waals surface area contributed by atoms with Gasteiger partial charge in [-0.1, -0.05) is 29.9 Å². The van der Waals surface area contributed by atoms with Crippen LogP contribution in [-0.2, 0) is 4.74 Å². The molecule has 0 spiro atoms. The Bertz CT molecular complexity index is 1720. The largest absolute Gasteiger partial charge is 0.394 e. The third-order valence-corrected chi connectivity index (χ3v) is 6.19. The summed E-state index contributed by atoms with van der Waals surface area (Å²) in [4.78, 5) is 8.44. The monoisotopic (exact) mass is 533 g/mol. The van der Waals surface area contributed by atoms with Gasteiger partial charge in [-0.2, -0.15) is 0 Å². The second kappa shape index (κ2) is 10.5. The van der Waals surface area contributed by atoms with Crippen molar-refractivity contribution in [2.24, 2.45) is 0 Å². The molecule has 3 aromatic rings. The van der Waals surface area contributed by atoms with E-state index in [1.165, 1.54) is 6.92 Å². The molecular formula is C23H28F2N6O4S. The zero-order valence-corrected chi connectivity index (χ0v) is 19.4. The Morgan fingerprint density at radius 2 is 2.17 bits per heavy atom. The average molecular weight is 534 g/mol. The number of aliphatic hydroxyl groups excluding tert-OH is 3. The number of aliphatic hydroxyl groups is 3. The molecule has 1 aromatic carbocycles. The van der Waals surface area contributed by atoms with Crippen molar-refractivity contribution in [3.8, 4) is 0 Å². The molecule has 6 atom stereocenters. The predicted molar refractivity (Wildman–Crippen MR) is 128 cm³/mol. The molecule has 2 saturated carbocycles. The lowest BCUT2D eigenvalue weighted by molar-refractivity contribution is -0.0629. The number of aromatic nitrogens is 5. The fraction of sp³-hybridized carbons (Fsp3) is 0.565. The van der Waals surface area contributed by atoms with Crippen LogP contribution in [0.15, 0.2) is 23.3 Å². The number of anilines is 1. The number of nitrogens with one attached hydrogen (secondary N) is 1. The molecule has 0 radical (unpaired) electrons. The van der Waals surface area contributed by atoms with Gasteiger partial charge in [0.2, 0.25) is 0 Å². The van der Waals surface area contributed by atoms with Crippen LogP contribution in [0.4, 0.5) is 14.6 Å². The molecule has 13 heteroatoms. The fourth-order valence-corrected chi connectivity index (χ4v) is 4.21. The average Bonchev–Trinajstić information content (AvgIpc) is 3.29. The molecule has 4 N–H and O–H groups in total. The van der Waals surface area contributed by atoms with Crippen LogP contribution >= 0.6 is 11.8 Å². The molecule has 1 unspecified atom stereocenters. The van der Waals surface area contributed by atoms with Crippen LogP contribution in [0.3, 0.4) is 0 Å². The molecule has 5 rings (SSSR count). The highest BCUT2D eigenvalue weighted by Crippen LogP contribution is 2.44. The molecular weight excluding hydrogens is 494 g/mol. The normalized spacial score (nSPS) is 38.3. The van der Waals surface area contributed by atoms with Gasteiger partial charge in [0.1, 0.15) is 12.2 Å². The number of ether oxygens (including phenoxy) is 1. The van der Waals surface area contributed by atoms with E-state index in [2.05, 4.69) is 25.6 Å². The highest BCUT2D eigenvalue weighted by Gasteiger charge is 2.45. The Morgan fingerprint density at radius 3 is 2.94 bits per heavy atom. The summed E-state index contributed by atoms with van der Waals surface area (Å²) in [6.07, 6.45) is -8.70. The highest BCUT2D eigenvalue weighted by molar-refractivity contribution is 7.99. The van der Waals surface area contributed by atoms with E-state index >= 15 is 0 Å². The molecule has 2 fully saturated rings. The minimum Gasteiger partial charge on any atom is -0.394 e. The molecule has 0 saturated heterocycles. The van der Waals surface area contributed by atoms with Crippen LogP contribution in [0.2, 0.25) is 0 Å². The van der Waals surface area contributed by atoms with Gasteiger partial charge >= 0.3 is 0 Å². The van der Waals surface area contributed by atoms with E-state index < -0.39 is 109 Å². The third kappa shape index (κ3) is 4.90. The van der Waals surface area contributed by atoms with Crippen LogP contribution in [0.25, 0.3) is 11.2 Å². The summed E-state index contributed by atoms with van der Waals surface area (Å²) in [6, 6.07) is -7.72. The Balaban J connectivity index is 1.62. The van der Waals surface area contributed by atoms with Crippen molar-refractivity contribution in [1.82, 2.24) is 25.0 Å². The lowest BCUT2D eigenvalue weighted by Gasteiger charge is -2.17. The van der Waals surface area contributed by atoms with E-state index in [-0.39, 0.29) is 22.7 Å². The molecule has 2 aromatic heterocycles. The first-order chi connectivity index (χ1) is 21.6. The van der Waals surface area contributed by atoms with Crippen molar-refractivity contribution in [2.75, 3.05) is 24.2 Å². The van der Waals surface area contributed by atoms with Crippen LogP contribution < -0.4 is 5.32 Å². The number of benzene rings is 1. The van der Waals surface area contributed by atoms with Crippen LogP contribution in [0, 0.1) is 11.6 Å². The van der Waals surface area contributed by atoms with Crippen molar-refractivity contribution in [3.63, 3.8) is 0 Å². The predicted octanol–water partition coefficient (Wildman–Crippen LogP) is 2.01. The number of halogens is 2. The van der Waals surface area contributed by atoms with Gasteiger partial charge in [0, 0.05) is 30.9 Å². The number of hydrogen-bond acceptors (Lipinski definition) is 10. The van der Waals surface area contributed by atoms with Crippen LogP contribution in [0.1, 0.15) is 58.7 Å². The van der Waals surface area contributed by atoms with Crippen molar-refractivity contribution in [3.05, 3.63) is 35.3 Å². The summed E-state index contributed by atoms with van der Waals surface area (Å²) < 4.78 is 125. The number of fused-ring (bicyclic) bond motifs is 1. The van der Waals surface area contributed by atoms with Gasteiger partial charge in [0.15, 0.2) is 33.8 Å². The smallest absolute Gasteiger partial charge is 0.191 e. The molecule has 2 aliphatic rings. The summed E-state index contributed by atoms with van der Waals surface area (Å²) in [5.41, 5.74) is -3.55. The summed E-state index contributed by atoms with van der Waals surface area (Å²) in [6.45, 7) is -2.22. The van der Waals surface area contributed by atoms with E-state index in [0.29, 0.717) is 11.8 Å². The SMILES string of the molecule is [2H]c1c([2H])c(C2([2H])[C@@H](Nc3nc(SC([2H])([2H])CC)nc4c3nnn4[C@]3([2H])C[C@H](OC([2H])([2H])CO)[C@@H](O)[C@H]3O)C2([2H])[2H])c([2H])c(F)c1F. The first-order valence-corrected chi connectivity index (χ1v) is 11.6. The zero-order valence-electron chi connectivity index (χ0n) is 29.6. The van der Waals surface area contributed by atoms with E-state index in [0.717, 1.165) is 4.68 Å². The number of nitrogens with zero attached hydrogens (tertiary/aromatic N) is 5. The summed E-state index contributed by atoms with van der Waals surface area (Å²) in [5, 5.41) is 40.8. The van der Waals surface area contributed by atoms with Crippen molar-refractivity contribution < 1.29 is 43.9 Å². The highest BCUT2D eigenvalue weighted by atomic mass is 32.2. The van der Waals surface area contributed by atoms with Gasteiger partial charge in [-0.3, -0.25) is 0 Å². The van der Waals surface area contributed by atoms with Gasteiger partial charge < -0.3 is 25.4 Å². The molecule has 2 heterocycles. The first-order valence-electron chi connectivity index (χ1n) is 16.3. The minimum atomic E-state index is -2.69. The molecule has 36 heavy (non-hydrogen) atoms. The summed E-state index contributed by atoms with van der Waals surface area (Å²) in [7, 11) is 0. The third-order valence-electron chi connectivity index (χ3n) is 5.40. The Hall–Kier alpha value is -2.45. The number of hydrogen-bond donors (Lipinski definition) is 4. The summed E-state index contributed by atoms with van der Waals surface area (Å²) >= 11 is 0.506. The lowest BCUT2D eigenvalue weighted by atomic mass is 10.1. The van der Waals surface area contributed by atoms with E-state index in [1.807, 2.05) is 0 Å². The Kier molecular flexibility index (Phi) is 4.40. The second-order valence-corrected chi connectivity index (χ2v) is 8.59. The summed E-state index contributed by atoms with van der Waals surface area (Å²) in [5.74, 6) is -6.67. The minimum absolute atomic E-state index is 0.0380. The molecule has 0 amide bonds. The fourth-order valence-electron chi connectivity index (χ4n) is 3.66. The molecule has 0 bridgehead atoms. The van der Waals surface area contributed by atoms with Crippen molar-refractivity contribution in [2.45, 2.75) is 67.6 Å². The van der Waals surface area contributed by atoms with Gasteiger partial charge in [-0.25, -0.2) is 23.4 Å². The van der Waals surface area contributed by atoms with E-state index in [4.69, 9.17) is 19.8 Å². The molecule has 10 nitrogen and oxygen atoms in total. The standard InChI is InChI=1S/C23H28F2N6O4S/c1-2-7-36-23-27-21(26-15-9-12(15)11-3-4-13(24)14(25)8-11)18-22(28-23)31(30-29-18)16-10-17(35-6-5-32)20(34)19(16)33/h3-4,8,12,15-17,19-20,32-34H,2,5-7,9-10H2,1H3,(H,26,27,28)/t12?,15-,16+,17-,19-,20+/m0/s1/i3D,4D,6D2,7D2,8D,9D2,12D,16D. The lowest BCUT2D eigenvalue weighted by Crippen LogP contribution is -2.33. The number of rotatable bonds is 10. The molecule has 194 valence electrons.